The van der Waals surface area contributed by atoms with Gasteiger partial charge in [-0.1, -0.05) is 6.07 Å². The fraction of sp³-hybridized carbons (Fsp3) is 0.455. The number of hydrogen-bond acceptors (Lipinski definition) is 4. The number of alkyl halides is 3. The van der Waals surface area contributed by atoms with Crippen LogP contribution in [0, 0.1) is 0 Å². The van der Waals surface area contributed by atoms with E-state index in [1.165, 1.54) is 25.4 Å². The number of rotatable bonds is 5. The molecule has 1 atom stereocenters. The Balaban J connectivity index is 2.92. The Morgan fingerprint density at radius 2 is 2.16 bits per heavy atom. The maximum absolute atomic E-state index is 12.8. The van der Waals surface area contributed by atoms with E-state index in [4.69, 9.17) is 9.84 Å². The van der Waals surface area contributed by atoms with Crippen LogP contribution in [0.1, 0.15) is 12.5 Å². The number of nitrogens with zero attached hydrogens (tertiary/aromatic N) is 1. The molecule has 19 heavy (non-hydrogen) atoms. The highest BCUT2D eigenvalue weighted by atomic mass is 19.4. The summed E-state index contributed by atoms with van der Waals surface area (Å²) in [6.07, 6.45) is -3.50. The van der Waals surface area contributed by atoms with Crippen LogP contribution in [0.2, 0.25) is 0 Å². The van der Waals surface area contributed by atoms with E-state index in [1.807, 2.05) is 5.32 Å². The quantitative estimate of drug-likeness (QED) is 0.855. The van der Waals surface area contributed by atoms with Crippen LogP contribution in [-0.4, -0.2) is 34.9 Å². The molecule has 5 nitrogen and oxygen atoms in total. The monoisotopic (exact) mass is 278 g/mol. The Labute approximate surface area is 107 Å². The molecule has 0 aliphatic heterocycles. The SMILES string of the molecule is COc1ncccc1CNC(C)(C(=O)O)C(F)(F)F. The van der Waals surface area contributed by atoms with E-state index in [9.17, 15) is 18.0 Å². The van der Waals surface area contributed by atoms with Gasteiger partial charge in [-0.15, -0.1) is 0 Å². The van der Waals surface area contributed by atoms with Crippen LogP contribution >= 0.6 is 0 Å². The van der Waals surface area contributed by atoms with E-state index in [-0.39, 0.29) is 12.4 Å². The number of ether oxygens (including phenoxy) is 1. The molecule has 0 aliphatic rings. The normalized spacial score (nSPS) is 14.8. The van der Waals surface area contributed by atoms with Crippen LogP contribution in [0.5, 0.6) is 5.88 Å². The summed E-state index contributed by atoms with van der Waals surface area (Å²) < 4.78 is 43.1. The molecule has 0 radical (unpaired) electrons. The number of methoxy groups -OCH3 is 1. The Bertz CT molecular complexity index is 465. The summed E-state index contributed by atoms with van der Waals surface area (Å²) in [4.78, 5) is 14.6. The molecule has 0 saturated carbocycles. The van der Waals surface area contributed by atoms with Gasteiger partial charge < -0.3 is 9.84 Å². The van der Waals surface area contributed by atoms with Gasteiger partial charge in [-0.2, -0.15) is 13.2 Å². The molecule has 1 aromatic heterocycles. The Hall–Kier alpha value is -1.83. The number of aromatic nitrogens is 1. The third-order valence-corrected chi connectivity index (χ3v) is 2.67. The van der Waals surface area contributed by atoms with E-state index < -0.39 is 17.7 Å². The zero-order valence-corrected chi connectivity index (χ0v) is 10.3. The van der Waals surface area contributed by atoms with Gasteiger partial charge in [-0.25, -0.2) is 9.78 Å². The lowest BCUT2D eigenvalue weighted by Crippen LogP contribution is -2.59. The van der Waals surface area contributed by atoms with Crippen LogP contribution in [0.3, 0.4) is 0 Å². The molecule has 8 heteroatoms. The minimum Gasteiger partial charge on any atom is -0.481 e. The summed E-state index contributed by atoms with van der Waals surface area (Å²) in [5.74, 6) is -1.85. The Morgan fingerprint density at radius 3 is 2.63 bits per heavy atom. The number of pyridine rings is 1. The highest BCUT2D eigenvalue weighted by Gasteiger charge is 2.57. The Morgan fingerprint density at radius 1 is 1.53 bits per heavy atom. The summed E-state index contributed by atoms with van der Waals surface area (Å²) >= 11 is 0. The first-order valence-corrected chi connectivity index (χ1v) is 5.25. The van der Waals surface area contributed by atoms with Gasteiger partial charge in [0.2, 0.25) is 11.4 Å². The van der Waals surface area contributed by atoms with Crippen molar-refractivity contribution in [3.63, 3.8) is 0 Å². The van der Waals surface area contributed by atoms with Gasteiger partial charge >= 0.3 is 12.1 Å². The highest BCUT2D eigenvalue weighted by Crippen LogP contribution is 2.31. The van der Waals surface area contributed by atoms with E-state index in [2.05, 4.69) is 4.98 Å². The number of carboxylic acids is 1. The van der Waals surface area contributed by atoms with Crippen LogP contribution in [0.25, 0.3) is 0 Å². The molecule has 0 fully saturated rings. The van der Waals surface area contributed by atoms with Gasteiger partial charge in [0.15, 0.2) is 0 Å². The van der Waals surface area contributed by atoms with Crippen molar-refractivity contribution in [1.82, 2.24) is 10.3 Å². The second-order valence-electron chi connectivity index (χ2n) is 3.95. The molecular weight excluding hydrogens is 265 g/mol. The molecule has 1 rings (SSSR count). The highest BCUT2D eigenvalue weighted by molar-refractivity contribution is 5.79. The number of nitrogens with one attached hydrogen (secondary N) is 1. The molecule has 0 bridgehead atoms. The number of halogens is 3. The smallest absolute Gasteiger partial charge is 0.417 e. The van der Waals surface area contributed by atoms with Gasteiger partial charge in [0.25, 0.3) is 0 Å². The first-order chi connectivity index (χ1) is 8.72. The van der Waals surface area contributed by atoms with Crippen LogP contribution in [-0.2, 0) is 11.3 Å². The topological polar surface area (TPSA) is 71.5 Å². The maximum Gasteiger partial charge on any atom is 0.417 e. The van der Waals surface area contributed by atoms with Crippen LogP contribution in [0.15, 0.2) is 18.3 Å². The van der Waals surface area contributed by atoms with Crippen molar-refractivity contribution in [2.24, 2.45) is 0 Å². The molecule has 0 aromatic carbocycles. The van der Waals surface area contributed by atoms with Crippen molar-refractivity contribution in [3.8, 4) is 5.88 Å². The third kappa shape index (κ3) is 3.14. The van der Waals surface area contributed by atoms with Crippen molar-refractivity contribution >= 4 is 5.97 Å². The van der Waals surface area contributed by atoms with Crippen molar-refractivity contribution in [1.29, 1.82) is 0 Å². The van der Waals surface area contributed by atoms with Crippen molar-refractivity contribution in [2.45, 2.75) is 25.2 Å². The van der Waals surface area contributed by atoms with Crippen LogP contribution in [0.4, 0.5) is 13.2 Å². The third-order valence-electron chi connectivity index (χ3n) is 2.67. The number of carboxylic acid groups (broad SMARTS) is 1. The van der Waals surface area contributed by atoms with Gasteiger partial charge in [0, 0.05) is 18.3 Å². The van der Waals surface area contributed by atoms with Gasteiger partial charge in [0.1, 0.15) is 0 Å². The zero-order chi connectivity index (χ0) is 14.7. The van der Waals surface area contributed by atoms with Crippen molar-refractivity contribution < 1.29 is 27.8 Å². The van der Waals surface area contributed by atoms with Crippen molar-refractivity contribution in [3.05, 3.63) is 23.9 Å². The largest absolute Gasteiger partial charge is 0.481 e. The lowest BCUT2D eigenvalue weighted by Gasteiger charge is -2.28. The summed E-state index contributed by atoms with van der Waals surface area (Å²) in [6.45, 7) is 0.234. The average Bonchev–Trinajstić information content (AvgIpc) is 2.34. The van der Waals surface area contributed by atoms with E-state index in [0.717, 1.165) is 0 Å². The molecule has 106 valence electrons. The maximum atomic E-state index is 12.8. The second-order valence-corrected chi connectivity index (χ2v) is 3.95. The van der Waals surface area contributed by atoms with Gasteiger partial charge in [-0.3, -0.25) is 5.32 Å². The molecular formula is C11H13F3N2O3. The molecule has 0 amide bonds. The van der Waals surface area contributed by atoms with E-state index in [1.54, 1.807) is 0 Å². The molecule has 0 saturated heterocycles. The molecule has 2 N–H and O–H groups in total. The predicted octanol–water partition coefficient (Wildman–Crippen LogP) is 1.59. The molecule has 0 aliphatic carbocycles. The minimum atomic E-state index is -4.92. The lowest BCUT2D eigenvalue weighted by atomic mass is 10.0. The summed E-state index contributed by atoms with van der Waals surface area (Å²) in [7, 11) is 1.33. The summed E-state index contributed by atoms with van der Waals surface area (Å²) in [6, 6.07) is 3.02. The molecule has 1 unspecified atom stereocenters. The molecule has 1 aromatic rings. The van der Waals surface area contributed by atoms with Crippen LogP contribution < -0.4 is 10.1 Å². The van der Waals surface area contributed by atoms with Crippen molar-refractivity contribution in [2.75, 3.05) is 7.11 Å². The number of hydrogen-bond donors (Lipinski definition) is 2. The zero-order valence-electron chi connectivity index (χ0n) is 10.3. The number of aliphatic carboxylic acids is 1. The predicted molar refractivity (Wildman–Crippen MR) is 59.7 cm³/mol. The lowest BCUT2D eigenvalue weighted by molar-refractivity contribution is -0.206. The van der Waals surface area contributed by atoms with Gasteiger partial charge in [-0.05, 0) is 13.0 Å². The fourth-order valence-electron chi connectivity index (χ4n) is 1.31. The summed E-state index contributed by atoms with van der Waals surface area (Å²) in [5.41, 5.74) is -2.70. The fourth-order valence-corrected chi connectivity index (χ4v) is 1.31. The molecule has 1 heterocycles. The Kier molecular flexibility index (Phi) is 4.35. The molecule has 0 spiro atoms. The van der Waals surface area contributed by atoms with E-state index >= 15 is 0 Å². The van der Waals surface area contributed by atoms with Gasteiger partial charge in [0.05, 0.1) is 7.11 Å². The minimum absolute atomic E-state index is 0.143. The number of carbonyl (C=O) groups is 1. The second kappa shape index (κ2) is 5.43. The summed E-state index contributed by atoms with van der Waals surface area (Å²) in [5, 5.41) is 10.7. The standard InChI is InChI=1S/C11H13F3N2O3/c1-10(9(17)18,11(12,13)14)16-6-7-4-3-5-15-8(7)19-2/h3-5,16H,6H2,1-2H3,(H,17,18). The first kappa shape index (κ1) is 15.2. The first-order valence-electron chi connectivity index (χ1n) is 5.25. The van der Waals surface area contributed by atoms with E-state index in [0.29, 0.717) is 12.5 Å². The average molecular weight is 278 g/mol.